The van der Waals surface area contributed by atoms with Crippen LogP contribution in [0.2, 0.25) is 5.02 Å². The summed E-state index contributed by atoms with van der Waals surface area (Å²) in [6.45, 7) is 1.77. The van der Waals surface area contributed by atoms with E-state index in [0.717, 1.165) is 17.6 Å². The molecule has 2 aromatic carbocycles. The van der Waals surface area contributed by atoms with Crippen molar-refractivity contribution in [1.29, 1.82) is 5.41 Å². The van der Waals surface area contributed by atoms with Gasteiger partial charge in [0, 0.05) is 11.8 Å². The number of carbonyl (C=O) groups is 1. The maximum atomic E-state index is 12.1. The molecule has 3 aromatic rings. The smallest absolute Gasteiger partial charge is 0.357 e. The molecule has 0 aliphatic heterocycles. The molecule has 0 saturated heterocycles. The highest BCUT2D eigenvalue weighted by Crippen LogP contribution is 2.34. The molecule has 33 heavy (non-hydrogen) atoms. The maximum absolute atomic E-state index is 12.1. The van der Waals surface area contributed by atoms with Gasteiger partial charge in [-0.3, -0.25) is 5.41 Å². The van der Waals surface area contributed by atoms with Crippen LogP contribution >= 0.6 is 38.9 Å². The van der Waals surface area contributed by atoms with Crippen LogP contribution in [0.5, 0.6) is 0 Å². The third-order valence-corrected chi connectivity index (χ3v) is 7.42. The molecular weight excluding hydrogens is 552 g/mol. The van der Waals surface area contributed by atoms with Crippen molar-refractivity contribution in [1.82, 2.24) is 10.2 Å². The van der Waals surface area contributed by atoms with Gasteiger partial charge in [0.15, 0.2) is 20.6 Å². The van der Waals surface area contributed by atoms with E-state index in [4.69, 9.17) is 21.7 Å². The molecule has 1 aromatic heterocycles. The Morgan fingerprint density at radius 2 is 1.94 bits per heavy atom. The molecule has 0 fully saturated rings. The van der Waals surface area contributed by atoms with Crippen LogP contribution in [0, 0.1) is 5.41 Å². The van der Waals surface area contributed by atoms with Crippen LogP contribution in [0.15, 0.2) is 57.9 Å². The predicted molar refractivity (Wildman–Crippen MR) is 134 cm³/mol. The van der Waals surface area contributed by atoms with E-state index in [1.165, 1.54) is 12.1 Å². The SMILES string of the molecule is CCOC(=O)C(=N)/C(Br)=C(\Nc1ccccc1Cl)c1nnc(-c2cccc(S(C)(=O)=O)c2)s1. The fraction of sp³-hybridized carbons (Fsp3) is 0.143. The van der Waals surface area contributed by atoms with E-state index in [1.807, 2.05) is 0 Å². The monoisotopic (exact) mass is 568 g/mol. The summed E-state index contributed by atoms with van der Waals surface area (Å²) >= 11 is 10.7. The summed E-state index contributed by atoms with van der Waals surface area (Å²) in [7, 11) is -3.39. The van der Waals surface area contributed by atoms with Crippen molar-refractivity contribution in [3.63, 3.8) is 0 Å². The number of aromatic nitrogens is 2. The third-order valence-electron chi connectivity index (χ3n) is 4.20. The standard InChI is InChI=1S/C21H18BrClN4O4S2/c1-3-31-21(28)17(24)16(22)18(25-15-10-5-4-9-14(15)23)20-27-26-19(32-20)12-7-6-8-13(11-12)33(2,29)30/h4-11,24-25H,3H2,1-2H3/b18-16+,24-17?. The lowest BCUT2D eigenvalue weighted by molar-refractivity contribution is -0.135. The van der Waals surface area contributed by atoms with Gasteiger partial charge in [0.1, 0.15) is 5.01 Å². The van der Waals surface area contributed by atoms with Gasteiger partial charge >= 0.3 is 5.97 Å². The first-order valence-electron chi connectivity index (χ1n) is 9.43. The fourth-order valence-electron chi connectivity index (χ4n) is 2.62. The zero-order valence-corrected chi connectivity index (χ0v) is 21.4. The van der Waals surface area contributed by atoms with E-state index in [-0.39, 0.29) is 21.7 Å². The Morgan fingerprint density at radius 3 is 2.61 bits per heavy atom. The van der Waals surface area contributed by atoms with Crippen LogP contribution in [0.4, 0.5) is 5.69 Å². The Hall–Kier alpha value is -2.60. The molecule has 8 nitrogen and oxygen atoms in total. The van der Waals surface area contributed by atoms with E-state index in [1.54, 1.807) is 43.3 Å². The molecule has 12 heteroatoms. The number of carbonyl (C=O) groups excluding carboxylic acids is 1. The van der Waals surface area contributed by atoms with Crippen molar-refractivity contribution in [2.45, 2.75) is 11.8 Å². The van der Waals surface area contributed by atoms with Crippen LogP contribution < -0.4 is 5.32 Å². The topological polar surface area (TPSA) is 122 Å². The average Bonchev–Trinajstić information content (AvgIpc) is 3.27. The zero-order chi connectivity index (χ0) is 24.2. The molecule has 0 aliphatic carbocycles. The maximum Gasteiger partial charge on any atom is 0.357 e. The van der Waals surface area contributed by atoms with Gasteiger partial charge < -0.3 is 10.1 Å². The Morgan fingerprint density at radius 1 is 1.21 bits per heavy atom. The van der Waals surface area contributed by atoms with Crippen molar-refractivity contribution >= 4 is 71.8 Å². The third kappa shape index (κ3) is 6.05. The number of nitrogens with one attached hydrogen (secondary N) is 2. The number of anilines is 1. The first-order valence-corrected chi connectivity index (χ1v) is 13.3. The molecule has 0 amide bonds. The lowest BCUT2D eigenvalue weighted by atomic mass is 10.2. The van der Waals surface area contributed by atoms with Gasteiger partial charge in [-0.25, -0.2) is 13.2 Å². The minimum atomic E-state index is -3.39. The molecule has 0 bridgehead atoms. The largest absolute Gasteiger partial charge is 0.461 e. The van der Waals surface area contributed by atoms with Crippen molar-refractivity contribution in [2.24, 2.45) is 0 Å². The van der Waals surface area contributed by atoms with E-state index in [2.05, 4.69) is 31.4 Å². The van der Waals surface area contributed by atoms with Crippen LogP contribution in [0.3, 0.4) is 0 Å². The second kappa shape index (κ2) is 10.6. The summed E-state index contributed by atoms with van der Waals surface area (Å²) in [6.07, 6.45) is 1.13. The second-order valence-electron chi connectivity index (χ2n) is 6.60. The first-order chi connectivity index (χ1) is 15.6. The summed E-state index contributed by atoms with van der Waals surface area (Å²) < 4.78 is 28.9. The second-order valence-corrected chi connectivity index (χ2v) is 10.8. The lowest BCUT2D eigenvalue weighted by Crippen LogP contribution is -2.18. The minimum absolute atomic E-state index is 0.105. The Balaban J connectivity index is 2.08. The van der Waals surface area contributed by atoms with Gasteiger partial charge in [-0.05, 0) is 47.1 Å². The predicted octanol–water partition coefficient (Wildman–Crippen LogP) is 5.02. The molecule has 2 N–H and O–H groups in total. The van der Waals surface area contributed by atoms with Gasteiger partial charge in [0.2, 0.25) is 0 Å². The van der Waals surface area contributed by atoms with Crippen molar-refractivity contribution < 1.29 is 17.9 Å². The normalized spacial score (nSPS) is 12.1. The molecule has 0 aliphatic rings. The Labute approximate surface area is 208 Å². The molecule has 0 spiro atoms. The van der Waals surface area contributed by atoms with Crippen LogP contribution in [-0.4, -0.2) is 43.2 Å². The Kier molecular flexibility index (Phi) is 8.01. The summed E-state index contributed by atoms with van der Waals surface area (Å²) in [5.74, 6) is -0.812. The van der Waals surface area contributed by atoms with Gasteiger partial charge in [0.25, 0.3) is 0 Å². The fourth-order valence-corrected chi connectivity index (χ4v) is 4.89. The number of rotatable bonds is 8. The number of hydrogen-bond acceptors (Lipinski definition) is 9. The van der Waals surface area contributed by atoms with Crippen LogP contribution in [0.1, 0.15) is 11.9 Å². The van der Waals surface area contributed by atoms with Crippen LogP contribution in [-0.2, 0) is 19.4 Å². The van der Waals surface area contributed by atoms with Crippen molar-refractivity contribution in [3.8, 4) is 10.6 Å². The lowest BCUT2D eigenvalue weighted by Gasteiger charge is -2.13. The number of para-hydroxylation sites is 1. The van der Waals surface area contributed by atoms with E-state index in [9.17, 15) is 13.2 Å². The highest BCUT2D eigenvalue weighted by Gasteiger charge is 2.23. The van der Waals surface area contributed by atoms with Crippen molar-refractivity contribution in [2.75, 3.05) is 18.2 Å². The highest BCUT2D eigenvalue weighted by molar-refractivity contribution is 9.12. The number of nitrogens with zero attached hydrogens (tertiary/aromatic N) is 2. The molecule has 0 saturated carbocycles. The van der Waals surface area contributed by atoms with E-state index >= 15 is 0 Å². The average molecular weight is 570 g/mol. The molecule has 0 atom stereocenters. The van der Waals surface area contributed by atoms with Gasteiger partial charge in [-0.1, -0.05) is 47.2 Å². The van der Waals surface area contributed by atoms with E-state index < -0.39 is 21.5 Å². The number of esters is 1. The zero-order valence-electron chi connectivity index (χ0n) is 17.4. The number of benzene rings is 2. The summed E-state index contributed by atoms with van der Waals surface area (Å²) in [5.41, 5.74) is 0.959. The molecule has 3 rings (SSSR count). The summed E-state index contributed by atoms with van der Waals surface area (Å²) in [6, 6.07) is 13.3. The molecular formula is C21H18BrClN4O4S2. The molecule has 1 heterocycles. The first kappa shape index (κ1) is 25.0. The van der Waals surface area contributed by atoms with Gasteiger partial charge in [-0.2, -0.15) is 0 Å². The number of halogens is 2. The van der Waals surface area contributed by atoms with E-state index in [0.29, 0.717) is 26.3 Å². The van der Waals surface area contributed by atoms with Gasteiger partial charge in [-0.15, -0.1) is 10.2 Å². The minimum Gasteiger partial charge on any atom is -0.461 e. The number of sulfone groups is 1. The summed E-state index contributed by atoms with van der Waals surface area (Å²) in [4.78, 5) is 12.3. The van der Waals surface area contributed by atoms with Gasteiger partial charge in [0.05, 0.1) is 32.4 Å². The number of ether oxygens (including phenoxy) is 1. The summed E-state index contributed by atoms with van der Waals surface area (Å²) in [5, 5.41) is 20.9. The quantitative estimate of drug-likeness (QED) is 0.288. The van der Waals surface area contributed by atoms with Crippen LogP contribution in [0.25, 0.3) is 16.3 Å². The van der Waals surface area contributed by atoms with Crippen molar-refractivity contribution in [3.05, 3.63) is 63.0 Å². The number of hydrogen-bond donors (Lipinski definition) is 2. The Bertz CT molecular complexity index is 1360. The molecule has 172 valence electrons. The molecule has 0 unspecified atom stereocenters. The highest BCUT2D eigenvalue weighted by atomic mass is 79.9. The molecule has 0 radical (unpaired) electrons.